The molecule has 0 radical (unpaired) electrons. The van der Waals surface area contributed by atoms with Crippen molar-refractivity contribution in [2.75, 3.05) is 13.1 Å². The van der Waals surface area contributed by atoms with Crippen LogP contribution in [0.3, 0.4) is 0 Å². The van der Waals surface area contributed by atoms with Gasteiger partial charge in [0.2, 0.25) is 0 Å². The van der Waals surface area contributed by atoms with Gasteiger partial charge in [0.05, 0.1) is 47.8 Å². The van der Waals surface area contributed by atoms with Crippen LogP contribution in [0.5, 0.6) is 11.5 Å². The van der Waals surface area contributed by atoms with E-state index in [1.165, 1.54) is 18.2 Å². The van der Waals surface area contributed by atoms with E-state index in [2.05, 4.69) is 25.9 Å². The molecule has 3 aromatic carbocycles. The molecule has 6 rings (SSSR count). The average molecular weight is 655 g/mol. The Bertz CT molecular complexity index is 1960. The molecule has 1 fully saturated rings. The predicted molar refractivity (Wildman–Crippen MR) is 173 cm³/mol. The SMILES string of the molecule is CCn1cncc1Cn1c(CN2CCC(Oc3ccc(F)c(COc4ccc(C#N)cc4F)c3)CC2)nc2ccc(CCC(=O)O)cc21. The fourth-order valence-corrected chi connectivity index (χ4v) is 6.00. The number of hydrogen-bond acceptors (Lipinski definition) is 7. The van der Waals surface area contributed by atoms with Gasteiger partial charge in [-0.2, -0.15) is 5.26 Å². The molecule has 0 saturated carbocycles. The van der Waals surface area contributed by atoms with Crippen LogP contribution < -0.4 is 9.47 Å². The average Bonchev–Trinajstić information content (AvgIpc) is 3.68. The number of aliphatic carboxylic acids is 1. The highest BCUT2D eigenvalue weighted by Gasteiger charge is 2.24. The number of nitriles is 1. The molecule has 0 amide bonds. The number of imidazole rings is 2. The summed E-state index contributed by atoms with van der Waals surface area (Å²) in [5.74, 6) is -0.612. The van der Waals surface area contributed by atoms with Crippen molar-refractivity contribution in [3.63, 3.8) is 0 Å². The Kier molecular flexibility index (Phi) is 9.96. The summed E-state index contributed by atoms with van der Waals surface area (Å²) in [5.41, 5.74) is 4.26. The van der Waals surface area contributed by atoms with E-state index in [1.54, 1.807) is 12.1 Å². The van der Waals surface area contributed by atoms with Crippen molar-refractivity contribution in [3.8, 4) is 17.6 Å². The molecule has 2 aromatic heterocycles. The lowest BCUT2D eigenvalue weighted by Gasteiger charge is -2.32. The van der Waals surface area contributed by atoms with Gasteiger partial charge in [-0.15, -0.1) is 0 Å². The molecule has 1 saturated heterocycles. The normalized spacial score (nSPS) is 13.9. The highest BCUT2D eigenvalue weighted by atomic mass is 19.1. The number of carboxylic acid groups (broad SMARTS) is 1. The molecular weight excluding hydrogens is 618 g/mol. The smallest absolute Gasteiger partial charge is 0.303 e. The number of rotatable bonds is 13. The lowest BCUT2D eigenvalue weighted by molar-refractivity contribution is -0.136. The predicted octanol–water partition coefficient (Wildman–Crippen LogP) is 6.09. The number of ether oxygens (including phenoxy) is 2. The Labute approximate surface area is 276 Å². The number of halogens is 2. The number of benzene rings is 3. The van der Waals surface area contributed by atoms with Crippen molar-refractivity contribution in [1.82, 2.24) is 24.0 Å². The molecule has 3 heterocycles. The second-order valence-electron chi connectivity index (χ2n) is 11.9. The first-order valence-electron chi connectivity index (χ1n) is 16.0. The van der Waals surface area contributed by atoms with Crippen LogP contribution in [0, 0.1) is 23.0 Å². The Morgan fingerprint density at radius 2 is 1.90 bits per heavy atom. The maximum absolute atomic E-state index is 14.6. The molecule has 0 aliphatic carbocycles. The van der Waals surface area contributed by atoms with Crippen LogP contribution in [0.1, 0.15) is 54.4 Å². The van der Waals surface area contributed by atoms with Crippen LogP contribution >= 0.6 is 0 Å². The van der Waals surface area contributed by atoms with Gasteiger partial charge >= 0.3 is 5.97 Å². The first kappa shape index (κ1) is 32.7. The molecule has 1 N–H and O–H groups in total. The molecular formula is C36H36F2N6O4. The quantitative estimate of drug-likeness (QED) is 0.162. The van der Waals surface area contributed by atoms with Crippen LogP contribution in [0.2, 0.25) is 0 Å². The number of aryl methyl sites for hydroxylation is 2. The fourth-order valence-electron chi connectivity index (χ4n) is 6.00. The minimum atomic E-state index is -0.825. The van der Waals surface area contributed by atoms with Gasteiger partial charge in [0.1, 0.15) is 30.1 Å². The third-order valence-electron chi connectivity index (χ3n) is 8.64. The lowest BCUT2D eigenvalue weighted by atomic mass is 10.1. The van der Waals surface area contributed by atoms with Gasteiger partial charge in [-0.3, -0.25) is 9.69 Å². The molecule has 1 aliphatic heterocycles. The maximum Gasteiger partial charge on any atom is 0.303 e. The highest BCUT2D eigenvalue weighted by Crippen LogP contribution is 2.26. The van der Waals surface area contributed by atoms with Gasteiger partial charge in [0.25, 0.3) is 0 Å². The third kappa shape index (κ3) is 7.64. The molecule has 48 heavy (non-hydrogen) atoms. The van der Waals surface area contributed by atoms with Crippen LogP contribution in [0.15, 0.2) is 67.1 Å². The van der Waals surface area contributed by atoms with E-state index < -0.39 is 17.6 Å². The number of hydrogen-bond donors (Lipinski definition) is 1. The second-order valence-corrected chi connectivity index (χ2v) is 11.9. The summed E-state index contributed by atoms with van der Waals surface area (Å²) in [5, 5.41) is 18.1. The lowest BCUT2D eigenvalue weighted by Crippen LogP contribution is -2.38. The Morgan fingerprint density at radius 1 is 1.06 bits per heavy atom. The number of aromatic nitrogens is 4. The summed E-state index contributed by atoms with van der Waals surface area (Å²) in [6.07, 6.45) is 5.68. The van der Waals surface area contributed by atoms with E-state index in [-0.39, 0.29) is 36.0 Å². The number of likely N-dealkylation sites (tertiary alicyclic amines) is 1. The van der Waals surface area contributed by atoms with Crippen molar-refractivity contribution in [1.29, 1.82) is 5.26 Å². The van der Waals surface area contributed by atoms with Crippen LogP contribution in [-0.4, -0.2) is 54.3 Å². The van der Waals surface area contributed by atoms with E-state index in [4.69, 9.17) is 19.7 Å². The van der Waals surface area contributed by atoms with Gasteiger partial charge in [-0.05, 0) is 80.3 Å². The van der Waals surface area contributed by atoms with Crippen LogP contribution in [0.4, 0.5) is 8.78 Å². The van der Waals surface area contributed by atoms with Gasteiger partial charge < -0.3 is 23.7 Å². The van der Waals surface area contributed by atoms with Crippen molar-refractivity contribution >= 4 is 17.0 Å². The molecule has 5 aromatic rings. The summed E-state index contributed by atoms with van der Waals surface area (Å²) >= 11 is 0. The monoisotopic (exact) mass is 654 g/mol. The van der Waals surface area contributed by atoms with Crippen molar-refractivity contribution in [2.24, 2.45) is 0 Å². The van der Waals surface area contributed by atoms with Gasteiger partial charge in [-0.25, -0.2) is 18.7 Å². The number of carboxylic acids is 1. The van der Waals surface area contributed by atoms with Crippen molar-refractivity contribution < 1.29 is 28.2 Å². The largest absolute Gasteiger partial charge is 0.490 e. The molecule has 0 unspecified atom stereocenters. The Hall–Kier alpha value is -5.28. The molecule has 1 aliphatic rings. The molecule has 0 spiro atoms. The zero-order chi connectivity index (χ0) is 33.6. The topological polar surface area (TPSA) is 118 Å². The molecule has 0 atom stereocenters. The first-order valence-corrected chi connectivity index (χ1v) is 16.0. The van der Waals surface area contributed by atoms with Crippen LogP contribution in [0.25, 0.3) is 11.0 Å². The van der Waals surface area contributed by atoms with Gasteiger partial charge in [0.15, 0.2) is 11.6 Å². The minimum Gasteiger partial charge on any atom is -0.490 e. The van der Waals surface area contributed by atoms with Crippen molar-refractivity contribution in [3.05, 3.63) is 107 Å². The zero-order valence-corrected chi connectivity index (χ0v) is 26.6. The number of fused-ring (bicyclic) bond motifs is 1. The number of carbonyl (C=O) groups is 1. The highest BCUT2D eigenvalue weighted by molar-refractivity contribution is 5.77. The summed E-state index contributed by atoms with van der Waals surface area (Å²) in [4.78, 5) is 22.9. The standard InChI is InChI=1S/C36H36F2N6O4/c1-2-43-23-40-19-27(43)20-44-33-16-24(5-10-36(45)46)3-8-32(33)41-35(44)21-42-13-11-28(12-14-42)48-29-6-7-30(37)26(17-29)22-47-34-9-4-25(18-39)15-31(34)38/h3-4,6-9,15-17,19,23,28H,2,5,10-14,20-22H2,1H3,(H,45,46). The molecule has 12 heteroatoms. The van der Waals surface area contributed by atoms with E-state index in [0.717, 1.165) is 66.7 Å². The Morgan fingerprint density at radius 3 is 2.65 bits per heavy atom. The van der Waals surface area contributed by atoms with E-state index >= 15 is 0 Å². The maximum atomic E-state index is 14.6. The van der Waals surface area contributed by atoms with E-state index in [1.807, 2.05) is 36.8 Å². The first-order chi connectivity index (χ1) is 23.3. The van der Waals surface area contributed by atoms with Gasteiger partial charge in [-0.1, -0.05) is 6.07 Å². The zero-order valence-electron chi connectivity index (χ0n) is 26.6. The van der Waals surface area contributed by atoms with E-state index in [9.17, 15) is 18.7 Å². The van der Waals surface area contributed by atoms with Crippen molar-refractivity contribution in [2.45, 2.75) is 65.0 Å². The minimum absolute atomic E-state index is 0.0600. The molecule has 248 valence electrons. The third-order valence-corrected chi connectivity index (χ3v) is 8.64. The van der Waals surface area contributed by atoms with Gasteiger partial charge in [0, 0.05) is 37.8 Å². The number of nitrogens with zero attached hydrogens (tertiary/aromatic N) is 6. The fraction of sp³-hybridized carbons (Fsp3) is 0.333. The second kappa shape index (κ2) is 14.6. The van der Waals surface area contributed by atoms with Crippen LogP contribution in [-0.2, 0) is 37.5 Å². The summed E-state index contributed by atoms with van der Waals surface area (Å²) in [6.45, 7) is 5.47. The Balaban J connectivity index is 1.11. The molecule has 0 bridgehead atoms. The summed E-state index contributed by atoms with van der Waals surface area (Å²) < 4.78 is 44.9. The van der Waals surface area contributed by atoms with E-state index in [0.29, 0.717) is 25.3 Å². The summed E-state index contributed by atoms with van der Waals surface area (Å²) in [6, 6.07) is 16.2. The molecule has 10 nitrogen and oxygen atoms in total. The number of piperidine rings is 1. The summed E-state index contributed by atoms with van der Waals surface area (Å²) in [7, 11) is 0.